The first-order valence-electron chi connectivity index (χ1n) is 8.16. The fraction of sp³-hybridized carbons (Fsp3) is 0.0500. The van der Waals surface area contributed by atoms with Gasteiger partial charge < -0.3 is 9.88 Å². The smallest absolute Gasteiger partial charge is 0.251 e. The largest absolute Gasteiger partial charge is 0.346 e. The predicted octanol–water partition coefficient (Wildman–Crippen LogP) is 3.93. The number of nitrogens with zero attached hydrogens (tertiary/aromatic N) is 3. The number of rotatable bonds is 5. The van der Waals surface area contributed by atoms with Crippen LogP contribution in [0.25, 0.3) is 16.3 Å². The Labute approximate surface area is 155 Å². The Morgan fingerprint density at radius 2 is 1.77 bits per heavy atom. The van der Waals surface area contributed by atoms with Crippen LogP contribution < -0.4 is 5.32 Å². The van der Waals surface area contributed by atoms with E-state index >= 15 is 0 Å². The van der Waals surface area contributed by atoms with Gasteiger partial charge in [-0.05, 0) is 47.8 Å². The quantitative estimate of drug-likeness (QED) is 0.587. The maximum absolute atomic E-state index is 12.5. The topological polar surface area (TPSA) is 59.8 Å². The van der Waals surface area contributed by atoms with Crippen LogP contribution in [0.15, 0.2) is 78.7 Å². The number of carbonyl (C=O) groups is 1. The molecule has 26 heavy (non-hydrogen) atoms. The summed E-state index contributed by atoms with van der Waals surface area (Å²) in [5.74, 6) is -0.133. The van der Waals surface area contributed by atoms with Crippen LogP contribution in [0.4, 0.5) is 0 Å². The van der Waals surface area contributed by atoms with Crippen molar-refractivity contribution in [2.45, 2.75) is 6.54 Å². The standard InChI is InChI=1S/C20H16N4OS/c25-20(15-5-7-16(8-6-15)24-11-1-2-12-24)23-14-17-19(22-10-9-21-17)18-4-3-13-26-18/h1-13H,14H2,(H,23,25). The second-order valence-corrected chi connectivity index (χ2v) is 6.60. The second kappa shape index (κ2) is 7.33. The van der Waals surface area contributed by atoms with E-state index in [1.54, 1.807) is 23.7 Å². The zero-order valence-electron chi connectivity index (χ0n) is 13.9. The molecule has 0 atom stereocenters. The molecule has 1 amide bonds. The number of carbonyl (C=O) groups excluding carboxylic acids is 1. The molecule has 0 aliphatic heterocycles. The van der Waals surface area contributed by atoms with Crippen molar-refractivity contribution >= 4 is 17.2 Å². The normalized spacial score (nSPS) is 10.6. The number of aromatic nitrogens is 3. The van der Waals surface area contributed by atoms with Crippen molar-refractivity contribution in [2.75, 3.05) is 0 Å². The van der Waals surface area contributed by atoms with E-state index in [1.165, 1.54) is 0 Å². The third kappa shape index (κ3) is 3.41. The van der Waals surface area contributed by atoms with Crippen LogP contribution in [0.3, 0.4) is 0 Å². The van der Waals surface area contributed by atoms with Crippen molar-refractivity contribution in [3.63, 3.8) is 0 Å². The summed E-state index contributed by atoms with van der Waals surface area (Å²) >= 11 is 1.60. The summed E-state index contributed by atoms with van der Waals surface area (Å²) in [6.07, 6.45) is 7.25. The second-order valence-electron chi connectivity index (χ2n) is 5.65. The van der Waals surface area contributed by atoms with Crippen LogP contribution in [-0.4, -0.2) is 20.4 Å². The predicted molar refractivity (Wildman–Crippen MR) is 102 cm³/mol. The van der Waals surface area contributed by atoms with Crippen LogP contribution in [0.1, 0.15) is 16.1 Å². The maximum Gasteiger partial charge on any atom is 0.251 e. The molecule has 0 unspecified atom stereocenters. The van der Waals surface area contributed by atoms with Crippen molar-refractivity contribution in [1.29, 1.82) is 0 Å². The molecule has 0 saturated carbocycles. The number of thiophene rings is 1. The van der Waals surface area contributed by atoms with Gasteiger partial charge in [-0.3, -0.25) is 14.8 Å². The highest BCUT2D eigenvalue weighted by Crippen LogP contribution is 2.24. The number of hydrogen-bond donors (Lipinski definition) is 1. The summed E-state index contributed by atoms with van der Waals surface area (Å²) in [7, 11) is 0. The number of hydrogen-bond acceptors (Lipinski definition) is 4. The molecular weight excluding hydrogens is 344 g/mol. The third-order valence-electron chi connectivity index (χ3n) is 3.98. The summed E-state index contributed by atoms with van der Waals surface area (Å²) in [5.41, 5.74) is 3.20. The maximum atomic E-state index is 12.5. The number of amides is 1. The fourth-order valence-electron chi connectivity index (χ4n) is 2.67. The Kier molecular flexibility index (Phi) is 4.57. The van der Waals surface area contributed by atoms with Gasteiger partial charge in [-0.2, -0.15) is 0 Å². The molecule has 0 saturated heterocycles. The van der Waals surface area contributed by atoms with Gasteiger partial charge in [0, 0.05) is 36.0 Å². The molecule has 5 nitrogen and oxygen atoms in total. The Morgan fingerprint density at radius 3 is 2.50 bits per heavy atom. The minimum atomic E-state index is -0.133. The Morgan fingerprint density at radius 1 is 1.00 bits per heavy atom. The minimum Gasteiger partial charge on any atom is -0.346 e. The monoisotopic (exact) mass is 360 g/mol. The summed E-state index contributed by atoms with van der Waals surface area (Å²) in [5, 5.41) is 4.93. The summed E-state index contributed by atoms with van der Waals surface area (Å²) in [6.45, 7) is 0.333. The first-order valence-corrected chi connectivity index (χ1v) is 9.04. The van der Waals surface area contributed by atoms with Crippen molar-refractivity contribution < 1.29 is 4.79 Å². The van der Waals surface area contributed by atoms with E-state index in [0.29, 0.717) is 12.1 Å². The van der Waals surface area contributed by atoms with Crippen LogP contribution in [-0.2, 0) is 6.54 Å². The van der Waals surface area contributed by atoms with Gasteiger partial charge in [0.2, 0.25) is 0 Å². The average Bonchev–Trinajstić information content (AvgIpc) is 3.40. The van der Waals surface area contributed by atoms with Crippen molar-refractivity contribution in [3.8, 4) is 16.3 Å². The summed E-state index contributed by atoms with van der Waals surface area (Å²) < 4.78 is 1.99. The van der Waals surface area contributed by atoms with Gasteiger partial charge >= 0.3 is 0 Å². The van der Waals surface area contributed by atoms with Gasteiger partial charge in [0.25, 0.3) is 5.91 Å². The molecule has 0 spiro atoms. The molecule has 0 bridgehead atoms. The molecule has 0 aliphatic rings. The summed E-state index contributed by atoms with van der Waals surface area (Å²) in [6, 6.07) is 15.4. The zero-order valence-corrected chi connectivity index (χ0v) is 14.7. The van der Waals surface area contributed by atoms with Gasteiger partial charge in [0.15, 0.2) is 0 Å². The molecule has 0 radical (unpaired) electrons. The fourth-order valence-corrected chi connectivity index (χ4v) is 3.42. The van der Waals surface area contributed by atoms with Crippen molar-refractivity contribution in [1.82, 2.24) is 19.9 Å². The molecule has 3 aromatic heterocycles. The zero-order chi connectivity index (χ0) is 17.8. The van der Waals surface area contributed by atoms with Crippen LogP contribution >= 0.6 is 11.3 Å². The molecule has 3 heterocycles. The molecule has 1 N–H and O–H groups in total. The molecule has 0 aliphatic carbocycles. The van der Waals surface area contributed by atoms with E-state index in [9.17, 15) is 4.79 Å². The SMILES string of the molecule is O=C(NCc1nccnc1-c1cccs1)c1ccc(-n2cccc2)cc1. The van der Waals surface area contributed by atoms with Gasteiger partial charge in [-0.1, -0.05) is 6.07 Å². The van der Waals surface area contributed by atoms with Crippen LogP contribution in [0.2, 0.25) is 0 Å². The minimum absolute atomic E-state index is 0.133. The van der Waals surface area contributed by atoms with E-state index in [1.807, 2.05) is 70.9 Å². The van der Waals surface area contributed by atoms with E-state index < -0.39 is 0 Å². The molecular formula is C20H16N4OS. The van der Waals surface area contributed by atoms with E-state index in [2.05, 4.69) is 15.3 Å². The lowest BCUT2D eigenvalue weighted by atomic mass is 10.2. The highest BCUT2D eigenvalue weighted by molar-refractivity contribution is 7.13. The Bertz CT molecular complexity index is 993. The van der Waals surface area contributed by atoms with Crippen molar-refractivity contribution in [3.05, 3.63) is 90.0 Å². The third-order valence-corrected chi connectivity index (χ3v) is 4.85. The number of benzene rings is 1. The molecule has 1 aromatic carbocycles. The molecule has 0 fully saturated rings. The number of nitrogens with one attached hydrogen (secondary N) is 1. The van der Waals surface area contributed by atoms with E-state index in [-0.39, 0.29) is 5.91 Å². The van der Waals surface area contributed by atoms with Crippen LogP contribution in [0, 0.1) is 0 Å². The highest BCUT2D eigenvalue weighted by atomic mass is 32.1. The molecule has 4 aromatic rings. The van der Waals surface area contributed by atoms with Crippen LogP contribution in [0.5, 0.6) is 0 Å². The Balaban J connectivity index is 1.46. The van der Waals surface area contributed by atoms with Crippen molar-refractivity contribution in [2.24, 2.45) is 0 Å². The van der Waals surface area contributed by atoms with Gasteiger partial charge in [-0.25, -0.2) is 0 Å². The van der Waals surface area contributed by atoms with Gasteiger partial charge in [0.05, 0.1) is 17.1 Å². The highest BCUT2D eigenvalue weighted by Gasteiger charge is 2.11. The molecule has 128 valence electrons. The van der Waals surface area contributed by atoms with Gasteiger partial charge in [-0.15, -0.1) is 11.3 Å². The lowest BCUT2D eigenvalue weighted by molar-refractivity contribution is 0.0950. The van der Waals surface area contributed by atoms with E-state index in [0.717, 1.165) is 22.0 Å². The van der Waals surface area contributed by atoms with Gasteiger partial charge in [0.1, 0.15) is 5.69 Å². The molecule has 6 heteroatoms. The first kappa shape index (κ1) is 16.2. The van der Waals surface area contributed by atoms with E-state index in [4.69, 9.17) is 0 Å². The Hall–Kier alpha value is -3.25. The lowest BCUT2D eigenvalue weighted by Gasteiger charge is -2.09. The average molecular weight is 360 g/mol. The summed E-state index contributed by atoms with van der Waals surface area (Å²) in [4.78, 5) is 22.3. The molecule has 4 rings (SSSR count). The first-order chi connectivity index (χ1) is 12.8. The lowest BCUT2D eigenvalue weighted by Crippen LogP contribution is -2.23.